The summed E-state index contributed by atoms with van der Waals surface area (Å²) in [5.41, 5.74) is 0.961. The van der Waals surface area contributed by atoms with Gasteiger partial charge < -0.3 is 9.47 Å². The van der Waals surface area contributed by atoms with Gasteiger partial charge in [-0.3, -0.25) is 14.9 Å². The average molecular weight is 506 g/mol. The fraction of sp³-hybridized carbons (Fsp3) is 0.348. The van der Waals surface area contributed by atoms with Gasteiger partial charge in [0.1, 0.15) is 6.54 Å². The Morgan fingerprint density at radius 1 is 1.29 bits per heavy atom. The second-order valence-corrected chi connectivity index (χ2v) is 8.90. The van der Waals surface area contributed by atoms with Crippen molar-refractivity contribution in [2.45, 2.75) is 44.7 Å². The summed E-state index contributed by atoms with van der Waals surface area (Å²) in [6.07, 6.45) is 4.91. The second-order valence-electron chi connectivity index (χ2n) is 8.06. The van der Waals surface area contributed by atoms with E-state index in [1.165, 1.54) is 30.6 Å². The molecule has 1 aromatic heterocycles. The maximum absolute atomic E-state index is 12.6. The zero-order valence-corrected chi connectivity index (χ0v) is 19.9. The van der Waals surface area contributed by atoms with Gasteiger partial charge in [0, 0.05) is 33.4 Å². The molecule has 2 aromatic carbocycles. The van der Waals surface area contributed by atoms with Gasteiger partial charge in [-0.2, -0.15) is 0 Å². The van der Waals surface area contributed by atoms with Crippen LogP contribution in [-0.4, -0.2) is 33.2 Å². The number of rotatable bonds is 9. The van der Waals surface area contributed by atoms with Gasteiger partial charge in [0.2, 0.25) is 12.1 Å². The molecule has 1 aliphatic rings. The Labute approximate surface area is 206 Å². The monoisotopic (exact) mass is 505 g/mol. The lowest BCUT2D eigenvalue weighted by atomic mass is 10.1. The molecule has 2 heterocycles. The molecule has 0 spiro atoms. The van der Waals surface area contributed by atoms with Gasteiger partial charge in [-0.25, -0.2) is 4.57 Å². The predicted octanol–water partition coefficient (Wildman–Crippen LogP) is 4.34. The summed E-state index contributed by atoms with van der Waals surface area (Å²) in [5.74, 6) is -1.35. The highest BCUT2D eigenvalue weighted by atomic mass is 35.5. The third kappa shape index (κ3) is 5.28. The Morgan fingerprint density at radius 3 is 2.74 bits per heavy atom. The lowest BCUT2D eigenvalue weighted by Gasteiger charge is -2.27. The van der Waals surface area contributed by atoms with E-state index in [0.717, 1.165) is 12.8 Å². The molecule has 0 N–H and O–H groups in total. The summed E-state index contributed by atoms with van der Waals surface area (Å²) in [6, 6.07) is 10.7. The van der Waals surface area contributed by atoms with Gasteiger partial charge >= 0.3 is 0 Å². The second kappa shape index (κ2) is 10.2. The number of aromatic nitrogens is 3. The quantitative estimate of drug-likeness (QED) is 0.185. The van der Waals surface area contributed by atoms with Crippen molar-refractivity contribution in [2.75, 3.05) is 6.61 Å². The number of ketones is 1. The first-order valence-corrected chi connectivity index (χ1v) is 11.5. The van der Waals surface area contributed by atoms with Crippen molar-refractivity contribution >= 4 is 34.7 Å². The number of non-ortho nitro benzene ring substituents is 1. The standard InChI is InChI=1S/C23H23Cl2N4O5/c1-2-3-19-12-33-23(34-19,20-9-6-17(24)10-21(20)25)13-28-15-27(14-26-28)11-22(30)16-4-7-18(8-5-16)29(31)32/h4-10,14-15,19H,2-3,11-13H2,1H3/q+1/t19-,23+/m0/s1. The summed E-state index contributed by atoms with van der Waals surface area (Å²) in [5, 5.41) is 16.1. The fourth-order valence-electron chi connectivity index (χ4n) is 3.90. The van der Waals surface area contributed by atoms with Gasteiger partial charge in [0.15, 0.2) is 12.3 Å². The lowest BCUT2D eigenvalue weighted by molar-refractivity contribution is -0.684. The lowest BCUT2D eigenvalue weighted by Crippen LogP contribution is -2.37. The highest BCUT2D eigenvalue weighted by Gasteiger charge is 2.46. The molecule has 0 bridgehead atoms. The zero-order chi connectivity index (χ0) is 24.3. The summed E-state index contributed by atoms with van der Waals surface area (Å²) < 4.78 is 15.8. The number of nitro benzene ring substituents is 1. The Hall–Kier alpha value is -2.85. The first-order chi connectivity index (χ1) is 16.3. The van der Waals surface area contributed by atoms with Crippen LogP contribution in [0.4, 0.5) is 5.69 Å². The largest absolute Gasteiger partial charge is 0.341 e. The number of hydrogen-bond donors (Lipinski definition) is 0. The van der Waals surface area contributed by atoms with Gasteiger partial charge in [-0.15, -0.1) is 4.68 Å². The van der Waals surface area contributed by atoms with Crippen molar-refractivity contribution < 1.29 is 23.8 Å². The Kier molecular flexibility index (Phi) is 7.27. The van der Waals surface area contributed by atoms with E-state index in [1.807, 2.05) is 0 Å². The number of nitro groups is 1. The molecule has 0 amide bonds. The van der Waals surface area contributed by atoms with E-state index in [4.69, 9.17) is 32.7 Å². The number of halogens is 2. The smallest absolute Gasteiger partial charge is 0.269 e. The molecule has 1 saturated heterocycles. The Balaban J connectivity index is 1.53. The van der Waals surface area contributed by atoms with Crippen LogP contribution in [-0.2, 0) is 28.4 Å². The van der Waals surface area contributed by atoms with Crippen LogP contribution in [0.3, 0.4) is 0 Å². The summed E-state index contributed by atoms with van der Waals surface area (Å²) in [6.45, 7) is 2.74. The van der Waals surface area contributed by atoms with E-state index < -0.39 is 10.7 Å². The van der Waals surface area contributed by atoms with Crippen molar-refractivity contribution in [1.29, 1.82) is 0 Å². The highest BCUT2D eigenvalue weighted by molar-refractivity contribution is 6.35. The number of carbonyl (C=O) groups excluding carboxylic acids is 1. The molecule has 1 aliphatic heterocycles. The van der Waals surface area contributed by atoms with Gasteiger partial charge in [-0.1, -0.05) is 42.6 Å². The number of carbonyl (C=O) groups is 1. The summed E-state index contributed by atoms with van der Waals surface area (Å²) >= 11 is 12.6. The number of nitrogens with zero attached hydrogens (tertiary/aromatic N) is 4. The number of ether oxygens (including phenoxy) is 2. The van der Waals surface area contributed by atoms with Crippen LogP contribution in [0, 0.1) is 10.1 Å². The molecular weight excluding hydrogens is 483 g/mol. The minimum Gasteiger partial charge on any atom is -0.341 e. The van der Waals surface area contributed by atoms with Crippen molar-refractivity contribution in [2.24, 2.45) is 0 Å². The van der Waals surface area contributed by atoms with E-state index in [9.17, 15) is 14.9 Å². The highest BCUT2D eigenvalue weighted by Crippen LogP contribution is 2.41. The molecule has 0 unspecified atom stereocenters. The topological polar surface area (TPSA) is 100 Å². The van der Waals surface area contributed by atoms with E-state index in [2.05, 4.69) is 12.0 Å². The van der Waals surface area contributed by atoms with E-state index in [1.54, 1.807) is 33.8 Å². The predicted molar refractivity (Wildman–Crippen MR) is 124 cm³/mol. The number of benzene rings is 2. The zero-order valence-electron chi connectivity index (χ0n) is 18.4. The third-order valence-corrected chi connectivity index (χ3v) is 6.09. The van der Waals surface area contributed by atoms with E-state index in [-0.39, 0.29) is 30.7 Å². The van der Waals surface area contributed by atoms with Gasteiger partial charge in [-0.05, 0) is 30.7 Å². The molecule has 4 rings (SSSR count). The number of hydrogen-bond acceptors (Lipinski definition) is 6. The average Bonchev–Trinajstić information content (AvgIpc) is 3.41. The van der Waals surface area contributed by atoms with Crippen LogP contribution in [0.2, 0.25) is 10.0 Å². The molecule has 1 fully saturated rings. The molecule has 34 heavy (non-hydrogen) atoms. The van der Waals surface area contributed by atoms with Gasteiger partial charge in [0.05, 0.1) is 22.7 Å². The minimum atomic E-state index is -1.15. The Morgan fingerprint density at radius 2 is 2.06 bits per heavy atom. The van der Waals surface area contributed by atoms with Crippen LogP contribution in [0.1, 0.15) is 35.7 Å². The molecule has 0 aliphatic carbocycles. The summed E-state index contributed by atoms with van der Waals surface area (Å²) in [7, 11) is 0. The van der Waals surface area contributed by atoms with Crippen molar-refractivity contribution in [3.8, 4) is 0 Å². The maximum Gasteiger partial charge on any atom is 0.269 e. The first-order valence-electron chi connectivity index (χ1n) is 10.8. The molecule has 178 valence electrons. The molecule has 0 saturated carbocycles. The van der Waals surface area contributed by atoms with Crippen LogP contribution in [0.5, 0.6) is 0 Å². The maximum atomic E-state index is 12.6. The normalized spacial score (nSPS) is 19.9. The number of Topliss-reactive ketones (excluding diaryl/α,β-unsaturated/α-hetero) is 1. The molecular formula is C23H23Cl2N4O5+. The van der Waals surface area contributed by atoms with Crippen molar-refractivity contribution in [1.82, 2.24) is 9.78 Å². The molecule has 9 nitrogen and oxygen atoms in total. The SMILES string of the molecule is CCC[C@H]1CO[C@@](Cn2c[n+](CC(=O)c3ccc([N+](=O)[O-])cc3)cn2)(c2ccc(Cl)cc2Cl)O1. The molecule has 0 radical (unpaired) electrons. The van der Waals surface area contributed by atoms with Gasteiger partial charge in [0.25, 0.3) is 12.0 Å². The summed E-state index contributed by atoms with van der Waals surface area (Å²) in [4.78, 5) is 22.9. The fourth-order valence-corrected chi connectivity index (χ4v) is 4.46. The minimum absolute atomic E-state index is 0.0205. The van der Waals surface area contributed by atoms with Crippen LogP contribution >= 0.6 is 23.2 Å². The third-order valence-electron chi connectivity index (χ3n) is 5.54. The van der Waals surface area contributed by atoms with Crippen LogP contribution in [0.25, 0.3) is 0 Å². The van der Waals surface area contributed by atoms with E-state index >= 15 is 0 Å². The van der Waals surface area contributed by atoms with Crippen molar-refractivity contribution in [3.63, 3.8) is 0 Å². The molecule has 11 heteroatoms. The first kappa shape index (κ1) is 24.3. The molecule has 2 atom stereocenters. The van der Waals surface area contributed by atoms with E-state index in [0.29, 0.717) is 27.8 Å². The van der Waals surface area contributed by atoms with Crippen LogP contribution in [0.15, 0.2) is 55.1 Å². The van der Waals surface area contributed by atoms with Crippen molar-refractivity contribution in [3.05, 3.63) is 86.4 Å². The van der Waals surface area contributed by atoms with Crippen LogP contribution < -0.4 is 4.57 Å². The molecule has 3 aromatic rings. The Bertz CT molecular complexity index is 1200.